The Kier molecular flexibility index (Phi) is 4.64. The summed E-state index contributed by atoms with van der Waals surface area (Å²) in [6.07, 6.45) is 1.34. The van der Waals surface area contributed by atoms with Crippen LogP contribution in [0.5, 0.6) is 0 Å². The molecule has 0 aliphatic rings. The lowest BCUT2D eigenvalue weighted by molar-refractivity contribution is 0.0335. The van der Waals surface area contributed by atoms with Gasteiger partial charge in [0, 0.05) is 15.8 Å². The highest BCUT2D eigenvalue weighted by Crippen LogP contribution is 2.34. The molecule has 1 heterocycles. The molecule has 0 aliphatic carbocycles. The summed E-state index contributed by atoms with van der Waals surface area (Å²) in [5, 5.41) is 10.8. The van der Waals surface area contributed by atoms with Crippen molar-refractivity contribution in [2.45, 2.75) is 25.4 Å². The zero-order valence-electron chi connectivity index (χ0n) is 9.99. The second kappa shape index (κ2) is 5.87. The molecule has 1 unspecified atom stereocenters. The van der Waals surface area contributed by atoms with Gasteiger partial charge in [-0.1, -0.05) is 35.0 Å². The molecule has 0 aliphatic heterocycles. The first-order chi connectivity index (χ1) is 8.53. The zero-order valence-corrected chi connectivity index (χ0v) is 14.0. The number of rotatable bonds is 4. The monoisotopic (exact) mass is 388 g/mol. The summed E-state index contributed by atoms with van der Waals surface area (Å²) in [5.41, 5.74) is 0.164. The third kappa shape index (κ3) is 3.23. The lowest BCUT2D eigenvalue weighted by Crippen LogP contribution is -2.27. The van der Waals surface area contributed by atoms with Gasteiger partial charge in [-0.25, -0.2) is 0 Å². The predicted molar refractivity (Wildman–Crippen MR) is 84.1 cm³/mol. The fourth-order valence-corrected chi connectivity index (χ4v) is 3.93. The topological polar surface area (TPSA) is 20.2 Å². The first-order valence-electron chi connectivity index (χ1n) is 5.76. The Hall–Kier alpha value is -0.160. The summed E-state index contributed by atoms with van der Waals surface area (Å²) in [7, 11) is 0. The number of benzene rings is 1. The lowest BCUT2D eigenvalue weighted by Gasteiger charge is -2.27. The summed E-state index contributed by atoms with van der Waals surface area (Å²) >= 11 is 8.59. The summed E-state index contributed by atoms with van der Waals surface area (Å²) < 4.78 is 2.10. The summed E-state index contributed by atoms with van der Waals surface area (Å²) in [4.78, 5) is 1.19. The van der Waals surface area contributed by atoms with Crippen LogP contribution < -0.4 is 0 Å². The molecule has 1 atom stereocenters. The van der Waals surface area contributed by atoms with E-state index in [0.29, 0.717) is 12.8 Å². The fraction of sp³-hybridized carbons (Fsp3) is 0.286. The minimum atomic E-state index is -0.798. The second-order valence-corrected chi connectivity index (χ2v) is 7.74. The van der Waals surface area contributed by atoms with E-state index in [1.807, 2.05) is 37.3 Å². The molecule has 0 amide bonds. The molecule has 0 saturated heterocycles. The summed E-state index contributed by atoms with van der Waals surface area (Å²) in [6.45, 7) is 2.02. The van der Waals surface area contributed by atoms with Crippen LogP contribution in [0.2, 0.25) is 0 Å². The lowest BCUT2D eigenvalue weighted by atomic mass is 9.87. The molecule has 2 rings (SSSR count). The molecule has 96 valence electrons. The van der Waals surface area contributed by atoms with Crippen LogP contribution in [0.25, 0.3) is 0 Å². The van der Waals surface area contributed by atoms with E-state index in [-0.39, 0.29) is 0 Å². The molecule has 0 bridgehead atoms. The minimum Gasteiger partial charge on any atom is -0.385 e. The highest BCUT2D eigenvalue weighted by molar-refractivity contribution is 9.11. The van der Waals surface area contributed by atoms with E-state index in [1.165, 1.54) is 4.88 Å². The number of thiophene rings is 1. The summed E-state index contributed by atoms with van der Waals surface area (Å²) in [6, 6.07) is 12.0. The van der Waals surface area contributed by atoms with Gasteiger partial charge in [-0.3, -0.25) is 0 Å². The molecule has 0 spiro atoms. The SMILES string of the molecule is CCC(O)(Cc1ccc(Br)s1)c1cccc(Br)c1. The quantitative estimate of drug-likeness (QED) is 0.769. The van der Waals surface area contributed by atoms with Crippen molar-refractivity contribution in [1.29, 1.82) is 0 Å². The highest BCUT2D eigenvalue weighted by atomic mass is 79.9. The van der Waals surface area contributed by atoms with Crippen molar-refractivity contribution in [3.63, 3.8) is 0 Å². The van der Waals surface area contributed by atoms with Crippen LogP contribution in [0, 0.1) is 0 Å². The maximum absolute atomic E-state index is 10.8. The van der Waals surface area contributed by atoms with Crippen molar-refractivity contribution >= 4 is 43.2 Å². The average Bonchev–Trinajstić information content (AvgIpc) is 2.74. The third-order valence-corrected chi connectivity index (χ3v) is 5.16. The molecule has 2 aromatic rings. The van der Waals surface area contributed by atoms with E-state index >= 15 is 0 Å². The Morgan fingerprint density at radius 2 is 2.00 bits per heavy atom. The van der Waals surface area contributed by atoms with Crippen molar-refractivity contribution in [2.75, 3.05) is 0 Å². The van der Waals surface area contributed by atoms with Gasteiger partial charge in [0.05, 0.1) is 9.39 Å². The van der Waals surface area contributed by atoms with E-state index in [0.717, 1.165) is 13.8 Å². The van der Waals surface area contributed by atoms with Crippen LogP contribution in [-0.2, 0) is 12.0 Å². The molecule has 1 nitrogen and oxygen atoms in total. The first kappa shape index (κ1) is 14.3. The predicted octanol–water partition coefficient (Wildman–Crippen LogP) is 5.11. The molecule has 0 radical (unpaired) electrons. The number of hydrogen-bond acceptors (Lipinski definition) is 2. The Morgan fingerprint density at radius 1 is 1.22 bits per heavy atom. The van der Waals surface area contributed by atoms with Gasteiger partial charge in [-0.2, -0.15) is 0 Å². The number of halogens is 2. The van der Waals surface area contributed by atoms with Gasteiger partial charge < -0.3 is 5.11 Å². The zero-order chi connectivity index (χ0) is 13.2. The number of hydrogen-bond donors (Lipinski definition) is 1. The third-order valence-electron chi connectivity index (χ3n) is 3.04. The van der Waals surface area contributed by atoms with Crippen molar-refractivity contribution in [3.05, 3.63) is 55.1 Å². The Bertz CT molecular complexity index is 538. The molecule has 18 heavy (non-hydrogen) atoms. The van der Waals surface area contributed by atoms with Crippen LogP contribution >= 0.6 is 43.2 Å². The Balaban J connectivity index is 2.30. The van der Waals surface area contributed by atoms with Crippen molar-refractivity contribution in [2.24, 2.45) is 0 Å². The standard InChI is InChI=1S/C14H14Br2OS/c1-2-14(17,9-12-6-7-13(16)18-12)10-4-3-5-11(15)8-10/h3-8,17H,2,9H2,1H3. The molecule has 4 heteroatoms. The molecular formula is C14H14Br2OS. The van der Waals surface area contributed by atoms with Crippen molar-refractivity contribution in [3.8, 4) is 0 Å². The van der Waals surface area contributed by atoms with E-state index in [1.54, 1.807) is 11.3 Å². The smallest absolute Gasteiger partial charge is 0.0942 e. The fourth-order valence-electron chi connectivity index (χ4n) is 1.94. The van der Waals surface area contributed by atoms with Gasteiger partial charge in [0.25, 0.3) is 0 Å². The largest absolute Gasteiger partial charge is 0.385 e. The molecule has 1 aromatic carbocycles. The van der Waals surface area contributed by atoms with Gasteiger partial charge in [0.2, 0.25) is 0 Å². The van der Waals surface area contributed by atoms with E-state index < -0.39 is 5.60 Å². The second-order valence-electron chi connectivity index (χ2n) is 4.28. The molecular weight excluding hydrogens is 376 g/mol. The van der Waals surface area contributed by atoms with Crippen molar-refractivity contribution < 1.29 is 5.11 Å². The Morgan fingerprint density at radius 3 is 2.56 bits per heavy atom. The molecule has 0 saturated carbocycles. The van der Waals surface area contributed by atoms with Crippen LogP contribution in [0.1, 0.15) is 23.8 Å². The van der Waals surface area contributed by atoms with Gasteiger partial charge in [0.15, 0.2) is 0 Å². The maximum Gasteiger partial charge on any atom is 0.0942 e. The molecule has 1 aromatic heterocycles. The van der Waals surface area contributed by atoms with Gasteiger partial charge in [-0.05, 0) is 52.2 Å². The van der Waals surface area contributed by atoms with Gasteiger partial charge >= 0.3 is 0 Å². The van der Waals surface area contributed by atoms with Crippen molar-refractivity contribution in [1.82, 2.24) is 0 Å². The average molecular weight is 390 g/mol. The van der Waals surface area contributed by atoms with Crippen LogP contribution in [0.3, 0.4) is 0 Å². The summed E-state index contributed by atoms with van der Waals surface area (Å²) in [5.74, 6) is 0. The Labute approximate surface area is 128 Å². The first-order valence-corrected chi connectivity index (χ1v) is 8.16. The van der Waals surface area contributed by atoms with E-state index in [4.69, 9.17) is 0 Å². The van der Waals surface area contributed by atoms with E-state index in [2.05, 4.69) is 37.9 Å². The molecule has 0 fully saturated rings. The minimum absolute atomic E-state index is 0.649. The number of aliphatic hydroxyl groups is 1. The van der Waals surface area contributed by atoms with Crippen LogP contribution in [0.4, 0.5) is 0 Å². The van der Waals surface area contributed by atoms with Gasteiger partial charge in [0.1, 0.15) is 0 Å². The van der Waals surface area contributed by atoms with Crippen LogP contribution in [0.15, 0.2) is 44.7 Å². The maximum atomic E-state index is 10.8. The van der Waals surface area contributed by atoms with Crippen LogP contribution in [-0.4, -0.2) is 5.11 Å². The molecule has 1 N–H and O–H groups in total. The van der Waals surface area contributed by atoms with Gasteiger partial charge in [-0.15, -0.1) is 11.3 Å². The van der Waals surface area contributed by atoms with E-state index in [9.17, 15) is 5.11 Å². The normalized spacial score (nSPS) is 14.4. The highest BCUT2D eigenvalue weighted by Gasteiger charge is 2.28.